The van der Waals surface area contributed by atoms with E-state index in [2.05, 4.69) is 24.4 Å². The lowest BCUT2D eigenvalue weighted by atomic mass is 10.0. The highest BCUT2D eigenvalue weighted by Gasteiger charge is 2.07. The maximum Gasteiger partial charge on any atom is 0.427 e. The lowest BCUT2D eigenvalue weighted by Crippen LogP contribution is -2.21. The minimum Gasteiger partial charge on any atom is -0.449 e. The van der Waals surface area contributed by atoms with Gasteiger partial charge in [0.2, 0.25) is 0 Å². The van der Waals surface area contributed by atoms with E-state index in [0.29, 0.717) is 12.5 Å². The van der Waals surface area contributed by atoms with Crippen molar-refractivity contribution in [2.45, 2.75) is 27.2 Å². The molecule has 0 fully saturated rings. The molecule has 0 atom stereocenters. The Morgan fingerprint density at radius 3 is 2.56 bits per heavy atom. The minimum atomic E-state index is -0.519. The van der Waals surface area contributed by atoms with Crippen molar-refractivity contribution >= 4 is 11.8 Å². The van der Waals surface area contributed by atoms with E-state index in [9.17, 15) is 4.79 Å². The Morgan fingerprint density at radius 2 is 2.00 bits per heavy atom. The molecule has 0 aliphatic heterocycles. The summed E-state index contributed by atoms with van der Waals surface area (Å²) in [7, 11) is 0. The first-order valence-corrected chi connectivity index (χ1v) is 6.18. The van der Waals surface area contributed by atoms with Crippen molar-refractivity contribution in [2.24, 2.45) is 11.0 Å². The Labute approximate surface area is 108 Å². The summed E-state index contributed by atoms with van der Waals surface area (Å²) in [6, 6.07) is 9.82. The van der Waals surface area contributed by atoms with Crippen molar-refractivity contribution in [1.29, 1.82) is 0 Å². The average Bonchev–Trinajstić information content (AvgIpc) is 2.35. The van der Waals surface area contributed by atoms with E-state index in [1.54, 1.807) is 6.92 Å². The molecule has 1 rings (SSSR count). The van der Waals surface area contributed by atoms with E-state index < -0.39 is 6.09 Å². The lowest BCUT2D eigenvalue weighted by Gasteiger charge is -2.09. The second-order valence-electron chi connectivity index (χ2n) is 4.35. The van der Waals surface area contributed by atoms with Crippen LogP contribution in [0.3, 0.4) is 0 Å². The number of rotatable bonds is 5. The minimum absolute atomic E-state index is 0.339. The summed E-state index contributed by atoms with van der Waals surface area (Å²) < 4.78 is 4.78. The van der Waals surface area contributed by atoms with Crippen LogP contribution in [0.25, 0.3) is 0 Å². The number of nitrogens with one attached hydrogen (secondary N) is 1. The van der Waals surface area contributed by atoms with Crippen LogP contribution in [-0.4, -0.2) is 18.4 Å². The van der Waals surface area contributed by atoms with Crippen LogP contribution in [0.1, 0.15) is 32.8 Å². The van der Waals surface area contributed by atoms with Crippen molar-refractivity contribution in [2.75, 3.05) is 6.61 Å². The van der Waals surface area contributed by atoms with Crippen LogP contribution in [0.2, 0.25) is 0 Å². The van der Waals surface area contributed by atoms with Gasteiger partial charge >= 0.3 is 6.09 Å². The van der Waals surface area contributed by atoms with E-state index in [4.69, 9.17) is 4.74 Å². The fourth-order valence-corrected chi connectivity index (χ4v) is 1.52. The van der Waals surface area contributed by atoms with Crippen molar-refractivity contribution < 1.29 is 9.53 Å². The van der Waals surface area contributed by atoms with E-state index in [0.717, 1.165) is 17.7 Å². The molecule has 1 amide bonds. The molecule has 4 heteroatoms. The van der Waals surface area contributed by atoms with Crippen LogP contribution in [0, 0.1) is 5.92 Å². The number of benzene rings is 1. The van der Waals surface area contributed by atoms with Gasteiger partial charge in [-0.05, 0) is 24.8 Å². The van der Waals surface area contributed by atoms with Gasteiger partial charge < -0.3 is 4.74 Å². The highest BCUT2D eigenvalue weighted by Crippen LogP contribution is 2.10. The van der Waals surface area contributed by atoms with E-state index in [1.165, 1.54) is 0 Å². The molecule has 1 aromatic carbocycles. The van der Waals surface area contributed by atoms with Gasteiger partial charge in [0.05, 0.1) is 12.3 Å². The quantitative estimate of drug-likeness (QED) is 0.642. The molecule has 0 aromatic heterocycles. The zero-order chi connectivity index (χ0) is 13.4. The summed E-state index contributed by atoms with van der Waals surface area (Å²) in [4.78, 5) is 11.2. The fraction of sp³-hybridized carbons (Fsp3) is 0.429. The zero-order valence-electron chi connectivity index (χ0n) is 11.1. The molecule has 1 aromatic rings. The zero-order valence-corrected chi connectivity index (χ0v) is 11.1. The molecule has 4 nitrogen and oxygen atoms in total. The van der Waals surface area contributed by atoms with Gasteiger partial charge in [-0.2, -0.15) is 5.10 Å². The molecule has 1 N–H and O–H groups in total. The lowest BCUT2D eigenvalue weighted by molar-refractivity contribution is 0.152. The number of nitrogens with zero attached hydrogens (tertiary/aromatic N) is 1. The van der Waals surface area contributed by atoms with Crippen molar-refractivity contribution in [1.82, 2.24) is 5.43 Å². The van der Waals surface area contributed by atoms with Gasteiger partial charge in [0.15, 0.2) is 0 Å². The Balaban J connectivity index is 2.78. The molecule has 0 heterocycles. The standard InChI is InChI=1S/C14H20N2O2/c1-4-18-14(17)16-15-13(10-11(2)3)12-8-6-5-7-9-12/h5-9,11H,4,10H2,1-3H3,(H,16,17)/b15-13-. The molecule has 18 heavy (non-hydrogen) atoms. The smallest absolute Gasteiger partial charge is 0.427 e. The molecular weight excluding hydrogens is 228 g/mol. The van der Waals surface area contributed by atoms with Gasteiger partial charge in [-0.25, -0.2) is 10.2 Å². The van der Waals surface area contributed by atoms with Gasteiger partial charge in [-0.1, -0.05) is 44.2 Å². The molecular formula is C14H20N2O2. The molecule has 0 radical (unpaired) electrons. The van der Waals surface area contributed by atoms with Gasteiger partial charge in [0.25, 0.3) is 0 Å². The molecule has 0 unspecified atom stereocenters. The Bertz CT molecular complexity index is 400. The summed E-state index contributed by atoms with van der Waals surface area (Å²) in [5.41, 5.74) is 4.29. The Morgan fingerprint density at radius 1 is 1.33 bits per heavy atom. The van der Waals surface area contributed by atoms with Crippen LogP contribution in [0.15, 0.2) is 35.4 Å². The van der Waals surface area contributed by atoms with Crippen molar-refractivity contribution in [3.8, 4) is 0 Å². The predicted molar refractivity (Wildman–Crippen MR) is 72.6 cm³/mol. The first-order valence-electron chi connectivity index (χ1n) is 6.18. The van der Waals surface area contributed by atoms with Gasteiger partial charge in [0, 0.05) is 0 Å². The van der Waals surface area contributed by atoms with Gasteiger partial charge in [0.1, 0.15) is 0 Å². The summed E-state index contributed by atoms with van der Waals surface area (Å²) in [5.74, 6) is 0.466. The highest BCUT2D eigenvalue weighted by molar-refractivity contribution is 6.00. The normalized spacial score (nSPS) is 11.4. The van der Waals surface area contributed by atoms with Crippen LogP contribution in [-0.2, 0) is 4.74 Å². The number of amides is 1. The number of hydrogen-bond donors (Lipinski definition) is 1. The second-order valence-corrected chi connectivity index (χ2v) is 4.35. The maximum absolute atomic E-state index is 11.2. The third-order valence-corrected chi connectivity index (χ3v) is 2.27. The number of carbonyl (C=O) groups is 1. The van der Waals surface area contributed by atoms with Crippen molar-refractivity contribution in [3.63, 3.8) is 0 Å². The topological polar surface area (TPSA) is 50.7 Å². The largest absolute Gasteiger partial charge is 0.449 e. The molecule has 0 bridgehead atoms. The van der Waals surface area contributed by atoms with Crippen LogP contribution < -0.4 is 5.43 Å². The molecule has 0 saturated carbocycles. The van der Waals surface area contributed by atoms with Gasteiger partial charge in [-0.15, -0.1) is 0 Å². The van der Waals surface area contributed by atoms with Gasteiger partial charge in [-0.3, -0.25) is 0 Å². The monoisotopic (exact) mass is 248 g/mol. The van der Waals surface area contributed by atoms with E-state index in [-0.39, 0.29) is 0 Å². The Hall–Kier alpha value is -1.84. The second kappa shape index (κ2) is 7.48. The molecule has 0 aliphatic carbocycles. The first kappa shape index (κ1) is 14.2. The predicted octanol–water partition coefficient (Wildman–Crippen LogP) is 3.18. The molecule has 0 spiro atoms. The first-order chi connectivity index (χ1) is 8.63. The van der Waals surface area contributed by atoms with E-state index >= 15 is 0 Å². The summed E-state index contributed by atoms with van der Waals surface area (Å²) in [6.07, 6.45) is 0.283. The SMILES string of the molecule is CCOC(=O)N/N=C(/CC(C)C)c1ccccc1. The summed E-state index contributed by atoms with van der Waals surface area (Å²) >= 11 is 0. The maximum atomic E-state index is 11.2. The Kier molecular flexibility index (Phi) is 5.91. The summed E-state index contributed by atoms with van der Waals surface area (Å²) in [6.45, 7) is 6.33. The van der Waals surface area contributed by atoms with Crippen LogP contribution in [0.4, 0.5) is 4.79 Å². The average molecular weight is 248 g/mol. The van der Waals surface area contributed by atoms with Crippen LogP contribution >= 0.6 is 0 Å². The van der Waals surface area contributed by atoms with E-state index in [1.807, 2.05) is 30.3 Å². The van der Waals surface area contributed by atoms with Crippen molar-refractivity contribution in [3.05, 3.63) is 35.9 Å². The highest BCUT2D eigenvalue weighted by atomic mass is 16.5. The number of carbonyl (C=O) groups excluding carboxylic acids is 1. The third-order valence-electron chi connectivity index (χ3n) is 2.27. The number of hydrogen-bond acceptors (Lipinski definition) is 3. The molecule has 0 saturated heterocycles. The number of ether oxygens (including phenoxy) is 1. The number of hydrazone groups is 1. The van der Waals surface area contributed by atoms with Crippen LogP contribution in [0.5, 0.6) is 0 Å². The molecule has 98 valence electrons. The third kappa shape index (κ3) is 4.99. The summed E-state index contributed by atoms with van der Waals surface area (Å²) in [5, 5.41) is 4.14. The molecule has 0 aliphatic rings. The fourth-order valence-electron chi connectivity index (χ4n) is 1.52.